The average molecular weight is 238 g/mol. The number of hydrogen-bond acceptors (Lipinski definition) is 3. The molecule has 0 unspecified atom stereocenters. The molecule has 1 heterocycles. The van der Waals surface area contributed by atoms with Gasteiger partial charge in [-0.25, -0.2) is 0 Å². The van der Waals surface area contributed by atoms with Crippen LogP contribution < -0.4 is 0 Å². The van der Waals surface area contributed by atoms with Gasteiger partial charge in [-0.3, -0.25) is 4.68 Å². The van der Waals surface area contributed by atoms with Crippen LogP contribution in [-0.4, -0.2) is 33.2 Å². The van der Waals surface area contributed by atoms with E-state index >= 15 is 0 Å². The number of hydrogen-bond donors (Lipinski definition) is 1. The molecule has 0 saturated heterocycles. The first-order chi connectivity index (χ1) is 8.02. The first kappa shape index (κ1) is 12.6. The highest BCUT2D eigenvalue weighted by Gasteiger charge is 2.43. The zero-order chi connectivity index (χ0) is 12.5. The summed E-state index contributed by atoms with van der Waals surface area (Å²) in [4.78, 5) is 0. The van der Waals surface area contributed by atoms with E-state index < -0.39 is 5.60 Å². The Bertz CT molecular complexity index is 367. The minimum atomic E-state index is -0.601. The second-order valence-corrected chi connectivity index (χ2v) is 5.27. The summed E-state index contributed by atoms with van der Waals surface area (Å²) in [5.74, 6) is 0. The van der Waals surface area contributed by atoms with E-state index in [1.807, 2.05) is 23.9 Å². The summed E-state index contributed by atoms with van der Waals surface area (Å²) in [6, 6.07) is 2.36. The Morgan fingerprint density at radius 1 is 1.59 bits per heavy atom. The zero-order valence-electron chi connectivity index (χ0n) is 10.9. The number of rotatable bonds is 5. The van der Waals surface area contributed by atoms with Crippen molar-refractivity contribution in [2.24, 2.45) is 0 Å². The van der Waals surface area contributed by atoms with Crippen LogP contribution in [0.4, 0.5) is 0 Å². The molecule has 0 spiro atoms. The van der Waals surface area contributed by atoms with Crippen LogP contribution in [0.1, 0.15) is 45.3 Å². The molecule has 1 aromatic heterocycles. The summed E-state index contributed by atoms with van der Waals surface area (Å²) in [7, 11) is 0. The molecule has 4 nitrogen and oxygen atoms in total. The van der Waals surface area contributed by atoms with Crippen LogP contribution in [0.25, 0.3) is 0 Å². The van der Waals surface area contributed by atoms with Crippen molar-refractivity contribution in [2.45, 2.75) is 57.8 Å². The molecule has 1 N–H and O–H groups in total. The number of nitrogens with zero attached hydrogens (tertiary/aromatic N) is 2. The smallest absolute Gasteiger partial charge is 0.0753 e. The zero-order valence-corrected chi connectivity index (χ0v) is 10.9. The van der Waals surface area contributed by atoms with Gasteiger partial charge in [-0.2, -0.15) is 5.10 Å². The molecule has 1 fully saturated rings. The fourth-order valence-electron chi connectivity index (χ4n) is 2.38. The summed E-state index contributed by atoms with van der Waals surface area (Å²) in [6.07, 6.45) is 4.31. The van der Waals surface area contributed by atoms with Crippen LogP contribution in [0.3, 0.4) is 0 Å². The second-order valence-electron chi connectivity index (χ2n) is 5.27. The summed E-state index contributed by atoms with van der Waals surface area (Å²) >= 11 is 0. The molecule has 1 aromatic rings. The molecule has 0 aromatic carbocycles. The molecular weight excluding hydrogens is 216 g/mol. The summed E-state index contributed by atoms with van der Waals surface area (Å²) in [6.45, 7) is 6.91. The van der Waals surface area contributed by atoms with Crippen LogP contribution in [-0.2, 0) is 11.2 Å². The van der Waals surface area contributed by atoms with Gasteiger partial charge in [-0.15, -0.1) is 0 Å². The number of aliphatic hydroxyl groups is 1. The summed E-state index contributed by atoms with van der Waals surface area (Å²) in [5.41, 5.74) is 0.367. The molecule has 17 heavy (non-hydrogen) atoms. The van der Waals surface area contributed by atoms with Gasteiger partial charge in [0.2, 0.25) is 0 Å². The first-order valence-corrected chi connectivity index (χ1v) is 6.40. The van der Waals surface area contributed by atoms with Crippen LogP contribution in [0.5, 0.6) is 0 Å². The lowest BCUT2D eigenvalue weighted by Crippen LogP contribution is -2.50. The molecule has 0 bridgehead atoms. The molecule has 1 aliphatic rings. The van der Waals surface area contributed by atoms with Crippen molar-refractivity contribution in [3.8, 4) is 0 Å². The van der Waals surface area contributed by atoms with Gasteiger partial charge in [-0.05, 0) is 26.8 Å². The van der Waals surface area contributed by atoms with E-state index in [2.05, 4.69) is 18.9 Å². The van der Waals surface area contributed by atoms with Gasteiger partial charge in [0.1, 0.15) is 0 Å². The van der Waals surface area contributed by atoms with E-state index in [0.29, 0.717) is 12.5 Å². The van der Waals surface area contributed by atoms with Gasteiger partial charge in [0, 0.05) is 38.1 Å². The quantitative estimate of drug-likeness (QED) is 0.852. The second kappa shape index (κ2) is 4.78. The fourth-order valence-corrected chi connectivity index (χ4v) is 2.38. The van der Waals surface area contributed by atoms with Crippen molar-refractivity contribution in [2.75, 3.05) is 6.61 Å². The molecule has 0 aliphatic heterocycles. The molecule has 96 valence electrons. The number of ether oxygens (including phenoxy) is 1. The van der Waals surface area contributed by atoms with E-state index in [1.165, 1.54) is 0 Å². The molecule has 0 atom stereocenters. The van der Waals surface area contributed by atoms with Crippen LogP contribution in [0, 0.1) is 0 Å². The average Bonchev–Trinajstić information content (AvgIpc) is 2.64. The SMILES string of the molecule is CCOC1CC(O)(Cc2ccn(C(C)C)n2)C1. The van der Waals surface area contributed by atoms with Gasteiger partial charge in [0.25, 0.3) is 0 Å². The van der Waals surface area contributed by atoms with E-state index in [9.17, 15) is 5.11 Å². The van der Waals surface area contributed by atoms with Gasteiger partial charge in [0.05, 0.1) is 17.4 Å². The molecule has 2 rings (SSSR count). The van der Waals surface area contributed by atoms with Crippen molar-refractivity contribution in [3.05, 3.63) is 18.0 Å². The highest BCUT2D eigenvalue weighted by molar-refractivity contribution is 5.08. The van der Waals surface area contributed by atoms with E-state index in [-0.39, 0.29) is 6.10 Å². The molecule has 1 aliphatic carbocycles. The van der Waals surface area contributed by atoms with Gasteiger partial charge >= 0.3 is 0 Å². The fraction of sp³-hybridized carbons (Fsp3) is 0.769. The Hall–Kier alpha value is -0.870. The largest absolute Gasteiger partial charge is 0.389 e. The molecule has 1 saturated carbocycles. The third-order valence-corrected chi connectivity index (χ3v) is 3.32. The Kier molecular flexibility index (Phi) is 3.54. The minimum absolute atomic E-state index is 0.234. The predicted octanol–water partition coefficient (Wildman–Crippen LogP) is 1.94. The Labute approximate surface area is 103 Å². The Morgan fingerprint density at radius 3 is 2.82 bits per heavy atom. The maximum absolute atomic E-state index is 10.3. The standard InChI is InChI=1S/C13H22N2O2/c1-4-17-12-8-13(16,9-12)7-11-5-6-15(14-11)10(2)3/h5-6,10,12,16H,4,7-9H2,1-3H3. The predicted molar refractivity (Wildman–Crippen MR) is 65.9 cm³/mol. The van der Waals surface area contributed by atoms with Crippen molar-refractivity contribution in [1.29, 1.82) is 0 Å². The molecular formula is C13H22N2O2. The molecule has 4 heteroatoms. The maximum Gasteiger partial charge on any atom is 0.0753 e. The lowest BCUT2D eigenvalue weighted by atomic mass is 9.74. The highest BCUT2D eigenvalue weighted by atomic mass is 16.5. The van der Waals surface area contributed by atoms with Crippen molar-refractivity contribution in [1.82, 2.24) is 9.78 Å². The normalized spacial score (nSPS) is 28.4. The van der Waals surface area contributed by atoms with E-state index in [1.54, 1.807) is 0 Å². The summed E-state index contributed by atoms with van der Waals surface area (Å²) in [5, 5.41) is 14.7. The molecule has 0 radical (unpaired) electrons. The Morgan fingerprint density at radius 2 is 2.29 bits per heavy atom. The first-order valence-electron chi connectivity index (χ1n) is 6.40. The van der Waals surface area contributed by atoms with Crippen molar-refractivity contribution >= 4 is 0 Å². The lowest BCUT2D eigenvalue weighted by molar-refractivity contribution is -0.136. The van der Waals surface area contributed by atoms with Crippen molar-refractivity contribution in [3.63, 3.8) is 0 Å². The third-order valence-electron chi connectivity index (χ3n) is 3.32. The van der Waals surface area contributed by atoms with Crippen LogP contribution >= 0.6 is 0 Å². The van der Waals surface area contributed by atoms with Crippen molar-refractivity contribution < 1.29 is 9.84 Å². The topological polar surface area (TPSA) is 47.3 Å². The molecule has 0 amide bonds. The van der Waals surface area contributed by atoms with E-state index in [4.69, 9.17) is 4.74 Å². The van der Waals surface area contributed by atoms with Crippen LogP contribution in [0.15, 0.2) is 12.3 Å². The highest BCUT2D eigenvalue weighted by Crippen LogP contribution is 2.36. The van der Waals surface area contributed by atoms with E-state index in [0.717, 1.165) is 25.1 Å². The minimum Gasteiger partial charge on any atom is -0.389 e. The Balaban J connectivity index is 1.88. The van der Waals surface area contributed by atoms with Gasteiger partial charge < -0.3 is 9.84 Å². The van der Waals surface area contributed by atoms with Gasteiger partial charge in [-0.1, -0.05) is 0 Å². The van der Waals surface area contributed by atoms with Crippen LogP contribution in [0.2, 0.25) is 0 Å². The van der Waals surface area contributed by atoms with Gasteiger partial charge in [0.15, 0.2) is 0 Å². The number of aromatic nitrogens is 2. The lowest BCUT2D eigenvalue weighted by Gasteiger charge is -2.42. The third kappa shape index (κ3) is 2.87. The summed E-state index contributed by atoms with van der Waals surface area (Å²) < 4.78 is 7.40. The maximum atomic E-state index is 10.3. The monoisotopic (exact) mass is 238 g/mol.